The molecule has 0 bridgehead atoms. The molecule has 0 saturated carbocycles. The normalized spacial score (nSPS) is 12.8. The van der Waals surface area contributed by atoms with E-state index in [1.54, 1.807) is 24.0 Å². The predicted octanol–water partition coefficient (Wildman–Crippen LogP) is 2.63. The molecule has 19 heavy (non-hydrogen) atoms. The highest BCUT2D eigenvalue weighted by atomic mass is 79.9. The van der Waals surface area contributed by atoms with Gasteiger partial charge in [-0.2, -0.15) is 9.78 Å². The molecular weight excluding hydrogens is 308 g/mol. The van der Waals surface area contributed by atoms with E-state index in [4.69, 9.17) is 0 Å². The lowest BCUT2D eigenvalue weighted by molar-refractivity contribution is 0.195. The van der Waals surface area contributed by atoms with Gasteiger partial charge in [-0.3, -0.25) is 0 Å². The average Bonchev–Trinajstić information content (AvgIpc) is 2.79. The number of halogens is 1. The predicted molar refractivity (Wildman–Crippen MR) is 75.0 cm³/mol. The lowest BCUT2D eigenvalue weighted by Crippen LogP contribution is -2.03. The summed E-state index contributed by atoms with van der Waals surface area (Å²) in [6.45, 7) is 1.70. The van der Waals surface area contributed by atoms with Gasteiger partial charge < -0.3 is 5.11 Å². The van der Waals surface area contributed by atoms with Crippen molar-refractivity contribution in [2.45, 2.75) is 13.0 Å². The summed E-state index contributed by atoms with van der Waals surface area (Å²) in [4.78, 5) is 8.46. The first kappa shape index (κ1) is 12.3. The SMILES string of the molecule is CC(O)c1nn(-c2ncc(Br)cn2)c2ccccc12. The second kappa shape index (κ2) is 4.71. The molecule has 6 heteroatoms. The number of rotatable bonds is 2. The fourth-order valence-electron chi connectivity index (χ4n) is 1.97. The zero-order valence-corrected chi connectivity index (χ0v) is 11.7. The van der Waals surface area contributed by atoms with Gasteiger partial charge in [0.1, 0.15) is 0 Å². The van der Waals surface area contributed by atoms with E-state index >= 15 is 0 Å². The molecule has 0 aliphatic carbocycles. The third kappa shape index (κ3) is 2.13. The smallest absolute Gasteiger partial charge is 0.251 e. The zero-order chi connectivity index (χ0) is 13.4. The second-order valence-electron chi connectivity index (χ2n) is 4.19. The minimum Gasteiger partial charge on any atom is -0.387 e. The van der Waals surface area contributed by atoms with Crippen molar-refractivity contribution < 1.29 is 5.11 Å². The number of para-hydroxylation sites is 1. The van der Waals surface area contributed by atoms with E-state index in [9.17, 15) is 5.11 Å². The van der Waals surface area contributed by atoms with Crippen molar-refractivity contribution in [3.63, 3.8) is 0 Å². The van der Waals surface area contributed by atoms with Gasteiger partial charge in [-0.25, -0.2) is 9.97 Å². The summed E-state index contributed by atoms with van der Waals surface area (Å²) in [6.07, 6.45) is 2.70. The molecule has 2 aromatic heterocycles. The van der Waals surface area contributed by atoms with Crippen molar-refractivity contribution in [2.24, 2.45) is 0 Å². The van der Waals surface area contributed by atoms with Crippen LogP contribution in [0, 0.1) is 0 Å². The van der Waals surface area contributed by atoms with Gasteiger partial charge in [0, 0.05) is 17.8 Å². The monoisotopic (exact) mass is 318 g/mol. The lowest BCUT2D eigenvalue weighted by atomic mass is 10.1. The van der Waals surface area contributed by atoms with E-state index < -0.39 is 6.10 Å². The van der Waals surface area contributed by atoms with Gasteiger partial charge in [0.15, 0.2) is 0 Å². The van der Waals surface area contributed by atoms with Gasteiger partial charge in [-0.05, 0) is 28.9 Å². The van der Waals surface area contributed by atoms with Crippen LogP contribution in [0.5, 0.6) is 0 Å². The Labute approximate surface area is 118 Å². The molecule has 0 spiro atoms. The summed E-state index contributed by atoms with van der Waals surface area (Å²) in [6, 6.07) is 7.70. The quantitative estimate of drug-likeness (QED) is 0.789. The van der Waals surface area contributed by atoms with Crippen LogP contribution in [0.15, 0.2) is 41.1 Å². The molecule has 2 heterocycles. The highest BCUT2D eigenvalue weighted by Crippen LogP contribution is 2.24. The summed E-state index contributed by atoms with van der Waals surface area (Å²) in [5, 5.41) is 15.1. The topological polar surface area (TPSA) is 63.8 Å². The van der Waals surface area contributed by atoms with Gasteiger partial charge in [-0.15, -0.1) is 0 Å². The first-order valence-electron chi connectivity index (χ1n) is 5.80. The maximum atomic E-state index is 9.80. The van der Waals surface area contributed by atoms with Crippen molar-refractivity contribution in [3.05, 3.63) is 46.8 Å². The Morgan fingerprint density at radius 2 is 1.89 bits per heavy atom. The van der Waals surface area contributed by atoms with Gasteiger partial charge >= 0.3 is 0 Å². The van der Waals surface area contributed by atoms with Crippen molar-refractivity contribution in [1.82, 2.24) is 19.7 Å². The van der Waals surface area contributed by atoms with E-state index in [0.717, 1.165) is 15.4 Å². The standard InChI is InChI=1S/C13H11BrN4O/c1-8(19)12-10-4-2-3-5-11(10)18(17-12)13-15-6-9(14)7-16-13/h2-8,19H,1H3. The number of aliphatic hydroxyl groups excluding tert-OH is 1. The van der Waals surface area contributed by atoms with E-state index in [-0.39, 0.29) is 0 Å². The molecule has 1 aromatic carbocycles. The molecular formula is C13H11BrN4O. The number of aromatic nitrogens is 4. The third-order valence-corrected chi connectivity index (χ3v) is 3.22. The summed E-state index contributed by atoms with van der Waals surface area (Å²) in [5.74, 6) is 0.478. The number of hydrogen-bond acceptors (Lipinski definition) is 4. The summed E-state index contributed by atoms with van der Waals surface area (Å²) >= 11 is 3.30. The molecule has 96 valence electrons. The zero-order valence-electron chi connectivity index (χ0n) is 10.2. The van der Waals surface area contributed by atoms with Gasteiger partial charge in [0.25, 0.3) is 5.95 Å². The lowest BCUT2D eigenvalue weighted by Gasteiger charge is -2.00. The molecule has 3 rings (SSSR count). The van der Waals surface area contributed by atoms with Gasteiger partial charge in [0.2, 0.25) is 0 Å². The molecule has 3 aromatic rings. The van der Waals surface area contributed by atoms with Crippen LogP contribution in [-0.4, -0.2) is 24.9 Å². The van der Waals surface area contributed by atoms with Crippen LogP contribution in [0.25, 0.3) is 16.9 Å². The minimum atomic E-state index is -0.637. The molecule has 0 amide bonds. The van der Waals surface area contributed by atoms with Crippen LogP contribution in [0.1, 0.15) is 18.7 Å². The van der Waals surface area contributed by atoms with Crippen LogP contribution >= 0.6 is 15.9 Å². The minimum absolute atomic E-state index is 0.478. The molecule has 0 saturated heterocycles. The Morgan fingerprint density at radius 3 is 2.58 bits per heavy atom. The van der Waals surface area contributed by atoms with E-state index in [1.165, 1.54) is 0 Å². The van der Waals surface area contributed by atoms with Crippen LogP contribution in [-0.2, 0) is 0 Å². The van der Waals surface area contributed by atoms with Crippen LogP contribution in [0.4, 0.5) is 0 Å². The Hall–Kier alpha value is -1.79. The average molecular weight is 319 g/mol. The molecule has 0 aliphatic rings. The number of nitrogens with zero attached hydrogens (tertiary/aromatic N) is 4. The van der Waals surface area contributed by atoms with Crippen molar-refractivity contribution >= 4 is 26.8 Å². The fourth-order valence-corrected chi connectivity index (χ4v) is 2.17. The summed E-state index contributed by atoms with van der Waals surface area (Å²) in [5.41, 5.74) is 1.50. The molecule has 0 radical (unpaired) electrons. The number of aliphatic hydroxyl groups is 1. The second-order valence-corrected chi connectivity index (χ2v) is 5.11. The molecule has 0 aliphatic heterocycles. The van der Waals surface area contributed by atoms with E-state index in [0.29, 0.717) is 11.6 Å². The fraction of sp³-hybridized carbons (Fsp3) is 0.154. The third-order valence-electron chi connectivity index (χ3n) is 2.81. The van der Waals surface area contributed by atoms with E-state index in [2.05, 4.69) is 31.0 Å². The summed E-state index contributed by atoms with van der Waals surface area (Å²) < 4.78 is 2.45. The molecule has 1 atom stereocenters. The number of hydrogen-bond donors (Lipinski definition) is 1. The van der Waals surface area contributed by atoms with Crippen molar-refractivity contribution in [1.29, 1.82) is 0 Å². The number of benzene rings is 1. The first-order valence-corrected chi connectivity index (χ1v) is 6.60. The highest BCUT2D eigenvalue weighted by Gasteiger charge is 2.15. The Bertz CT molecular complexity index is 721. The molecule has 0 fully saturated rings. The van der Waals surface area contributed by atoms with Crippen LogP contribution < -0.4 is 0 Å². The van der Waals surface area contributed by atoms with Gasteiger partial charge in [-0.1, -0.05) is 18.2 Å². The van der Waals surface area contributed by atoms with Crippen LogP contribution in [0.3, 0.4) is 0 Å². The van der Waals surface area contributed by atoms with E-state index in [1.807, 2.05) is 24.3 Å². The maximum Gasteiger partial charge on any atom is 0.251 e. The highest BCUT2D eigenvalue weighted by molar-refractivity contribution is 9.10. The maximum absolute atomic E-state index is 9.80. The largest absolute Gasteiger partial charge is 0.387 e. The Morgan fingerprint density at radius 1 is 1.21 bits per heavy atom. The number of fused-ring (bicyclic) bond motifs is 1. The summed E-state index contributed by atoms with van der Waals surface area (Å²) in [7, 11) is 0. The molecule has 1 unspecified atom stereocenters. The van der Waals surface area contributed by atoms with Gasteiger partial charge in [0.05, 0.1) is 21.8 Å². The Kier molecular flexibility index (Phi) is 3.04. The first-order chi connectivity index (χ1) is 9.16. The van der Waals surface area contributed by atoms with Crippen molar-refractivity contribution in [2.75, 3.05) is 0 Å². The van der Waals surface area contributed by atoms with Crippen LogP contribution in [0.2, 0.25) is 0 Å². The van der Waals surface area contributed by atoms with Crippen molar-refractivity contribution in [3.8, 4) is 5.95 Å². The molecule has 1 N–H and O–H groups in total. The molecule has 5 nitrogen and oxygen atoms in total. The Balaban J connectivity index is 2.26.